The lowest BCUT2D eigenvalue weighted by Gasteiger charge is -2.01. The van der Waals surface area contributed by atoms with E-state index in [0.717, 1.165) is 6.07 Å². The van der Waals surface area contributed by atoms with E-state index < -0.39 is 5.82 Å². The maximum absolute atomic E-state index is 13.0. The summed E-state index contributed by atoms with van der Waals surface area (Å²) in [7, 11) is 0. The highest BCUT2D eigenvalue weighted by molar-refractivity contribution is 9.10. The normalized spacial score (nSPS) is 10.2. The van der Waals surface area contributed by atoms with Crippen LogP contribution in [0, 0.1) is 5.82 Å². The molecule has 1 aromatic carbocycles. The van der Waals surface area contributed by atoms with Gasteiger partial charge in [0.25, 0.3) is 0 Å². The van der Waals surface area contributed by atoms with Gasteiger partial charge in [-0.1, -0.05) is 11.6 Å². The molecule has 0 aromatic heterocycles. The van der Waals surface area contributed by atoms with Gasteiger partial charge in [-0.15, -0.1) is 11.6 Å². The van der Waals surface area contributed by atoms with E-state index in [2.05, 4.69) is 15.9 Å². The van der Waals surface area contributed by atoms with Gasteiger partial charge in [-0.3, -0.25) is 4.79 Å². The van der Waals surface area contributed by atoms with Crippen LogP contribution in [0.3, 0.4) is 0 Å². The molecule has 70 valence electrons. The summed E-state index contributed by atoms with van der Waals surface area (Å²) in [6.45, 7) is 0. The largest absolute Gasteiger partial charge is 0.293 e. The minimum atomic E-state index is -0.635. The summed E-state index contributed by atoms with van der Waals surface area (Å²) < 4.78 is 13.3. The Hall–Kier alpha value is -0.120. The number of Topliss-reactive ketones (excluding diaryl/α,β-unsaturated/α-hetero) is 1. The van der Waals surface area contributed by atoms with E-state index in [4.69, 9.17) is 23.2 Å². The Morgan fingerprint density at radius 3 is 2.62 bits per heavy atom. The van der Waals surface area contributed by atoms with Crippen molar-refractivity contribution < 1.29 is 9.18 Å². The third kappa shape index (κ3) is 2.42. The summed E-state index contributed by atoms with van der Waals surface area (Å²) in [6, 6.07) is 2.51. The van der Waals surface area contributed by atoms with Crippen molar-refractivity contribution in [1.82, 2.24) is 0 Å². The molecule has 0 aliphatic carbocycles. The van der Waals surface area contributed by atoms with E-state index in [0.29, 0.717) is 4.47 Å². The van der Waals surface area contributed by atoms with Crippen LogP contribution in [0.25, 0.3) is 0 Å². The van der Waals surface area contributed by atoms with Crippen molar-refractivity contribution in [3.05, 3.63) is 33.0 Å². The second-order valence-corrected chi connectivity index (χ2v) is 3.81. The fourth-order valence-corrected chi connectivity index (χ4v) is 1.49. The minimum absolute atomic E-state index is 0.0360. The second kappa shape index (κ2) is 4.40. The predicted octanol–water partition coefficient (Wildman–Crippen LogP) is 3.66. The molecule has 0 saturated carbocycles. The number of alkyl halides is 1. The molecule has 1 rings (SSSR count). The highest BCUT2D eigenvalue weighted by atomic mass is 79.9. The number of rotatable bonds is 2. The second-order valence-electron chi connectivity index (χ2n) is 2.31. The van der Waals surface area contributed by atoms with Crippen molar-refractivity contribution >= 4 is 44.9 Å². The Labute approximate surface area is 93.0 Å². The van der Waals surface area contributed by atoms with Crippen molar-refractivity contribution in [2.75, 3.05) is 5.88 Å². The lowest BCUT2D eigenvalue weighted by molar-refractivity contribution is 0.102. The number of hydrogen-bond donors (Lipinski definition) is 0. The summed E-state index contributed by atoms with van der Waals surface area (Å²) in [5, 5.41) is -0.0360. The molecule has 0 amide bonds. The molecule has 0 aliphatic rings. The molecule has 0 unspecified atom stereocenters. The molecule has 0 bridgehead atoms. The molecule has 0 saturated heterocycles. The Kier molecular flexibility index (Phi) is 3.71. The van der Waals surface area contributed by atoms with Gasteiger partial charge in [-0.2, -0.15) is 0 Å². The van der Waals surface area contributed by atoms with Gasteiger partial charge >= 0.3 is 0 Å². The average molecular weight is 286 g/mol. The van der Waals surface area contributed by atoms with Gasteiger partial charge in [0.15, 0.2) is 5.78 Å². The lowest BCUT2D eigenvalue weighted by Crippen LogP contribution is -2.01. The maximum Gasteiger partial charge on any atom is 0.177 e. The smallest absolute Gasteiger partial charge is 0.177 e. The molecule has 0 atom stereocenters. The van der Waals surface area contributed by atoms with Gasteiger partial charge in [0.2, 0.25) is 0 Å². The van der Waals surface area contributed by atoms with Gasteiger partial charge in [0.1, 0.15) is 5.82 Å². The van der Waals surface area contributed by atoms with Crippen molar-refractivity contribution in [2.45, 2.75) is 0 Å². The minimum Gasteiger partial charge on any atom is -0.293 e. The van der Waals surface area contributed by atoms with E-state index in [1.807, 2.05) is 0 Å². The standard InChI is InChI=1S/C8H4BrCl2FO/c9-5-1-4(7(13)3-10)2-6(12)8(5)11/h1-2H,3H2. The number of carbonyl (C=O) groups is 1. The fourth-order valence-electron chi connectivity index (χ4n) is 0.794. The topological polar surface area (TPSA) is 17.1 Å². The van der Waals surface area contributed by atoms with Gasteiger partial charge in [-0.05, 0) is 28.1 Å². The van der Waals surface area contributed by atoms with Crippen LogP contribution >= 0.6 is 39.1 Å². The number of carbonyl (C=O) groups excluding carboxylic acids is 1. The van der Waals surface area contributed by atoms with Crippen LogP contribution in [0.4, 0.5) is 4.39 Å². The van der Waals surface area contributed by atoms with Gasteiger partial charge in [0, 0.05) is 10.0 Å². The summed E-state index contributed by atoms with van der Waals surface area (Å²) in [5.74, 6) is -1.14. The Morgan fingerprint density at radius 2 is 2.15 bits per heavy atom. The molecule has 0 heterocycles. The molecule has 1 nitrogen and oxygen atoms in total. The Morgan fingerprint density at radius 1 is 1.54 bits per heavy atom. The van der Waals surface area contributed by atoms with Crippen molar-refractivity contribution in [3.63, 3.8) is 0 Å². The van der Waals surface area contributed by atoms with E-state index in [1.54, 1.807) is 0 Å². The summed E-state index contributed by atoms with van der Waals surface area (Å²) >= 11 is 13.9. The molecule has 0 spiro atoms. The first-order chi connectivity index (χ1) is 6.06. The number of hydrogen-bond acceptors (Lipinski definition) is 1. The van der Waals surface area contributed by atoms with Crippen LogP contribution in [0.2, 0.25) is 5.02 Å². The first kappa shape index (κ1) is 11.0. The highest BCUT2D eigenvalue weighted by Gasteiger charge is 2.11. The van der Waals surface area contributed by atoms with Crippen LogP contribution in [0.1, 0.15) is 10.4 Å². The maximum atomic E-state index is 13.0. The number of ketones is 1. The van der Waals surface area contributed by atoms with Gasteiger partial charge in [-0.25, -0.2) is 4.39 Å². The van der Waals surface area contributed by atoms with E-state index in [-0.39, 0.29) is 22.2 Å². The molecule has 13 heavy (non-hydrogen) atoms. The van der Waals surface area contributed by atoms with E-state index in [9.17, 15) is 9.18 Å². The third-order valence-corrected chi connectivity index (χ3v) is 2.91. The summed E-state index contributed by atoms with van der Waals surface area (Å²) in [4.78, 5) is 11.1. The summed E-state index contributed by atoms with van der Waals surface area (Å²) in [6.07, 6.45) is 0. The third-order valence-electron chi connectivity index (χ3n) is 1.43. The molecule has 0 fully saturated rings. The average Bonchev–Trinajstić information content (AvgIpc) is 2.12. The van der Waals surface area contributed by atoms with Crippen LogP contribution in [-0.2, 0) is 0 Å². The molecular formula is C8H4BrCl2FO. The molecule has 5 heteroatoms. The van der Waals surface area contributed by atoms with Crippen molar-refractivity contribution in [3.8, 4) is 0 Å². The first-order valence-corrected chi connectivity index (χ1v) is 5.00. The zero-order valence-electron chi connectivity index (χ0n) is 6.28. The van der Waals surface area contributed by atoms with Crippen LogP contribution < -0.4 is 0 Å². The van der Waals surface area contributed by atoms with Crippen LogP contribution in [-0.4, -0.2) is 11.7 Å². The van der Waals surface area contributed by atoms with E-state index >= 15 is 0 Å². The van der Waals surface area contributed by atoms with Crippen molar-refractivity contribution in [2.24, 2.45) is 0 Å². The highest BCUT2D eigenvalue weighted by Crippen LogP contribution is 2.27. The van der Waals surface area contributed by atoms with Crippen molar-refractivity contribution in [1.29, 1.82) is 0 Å². The van der Waals surface area contributed by atoms with Gasteiger partial charge < -0.3 is 0 Å². The molecule has 0 radical (unpaired) electrons. The zero-order valence-corrected chi connectivity index (χ0v) is 9.38. The van der Waals surface area contributed by atoms with E-state index in [1.165, 1.54) is 6.07 Å². The predicted molar refractivity (Wildman–Crippen MR) is 54.2 cm³/mol. The van der Waals surface area contributed by atoms with Crippen LogP contribution in [0.15, 0.2) is 16.6 Å². The number of benzene rings is 1. The van der Waals surface area contributed by atoms with Crippen LogP contribution in [0.5, 0.6) is 0 Å². The first-order valence-electron chi connectivity index (χ1n) is 3.30. The Balaban J connectivity index is 3.20. The zero-order chi connectivity index (χ0) is 10.0. The Bertz CT molecular complexity index is 331. The van der Waals surface area contributed by atoms with Gasteiger partial charge in [0.05, 0.1) is 10.9 Å². The molecular weight excluding hydrogens is 282 g/mol. The molecule has 1 aromatic rings. The summed E-state index contributed by atoms with van der Waals surface area (Å²) in [5.41, 5.74) is 0.212. The molecule has 0 aliphatic heterocycles. The lowest BCUT2D eigenvalue weighted by atomic mass is 10.1. The quantitative estimate of drug-likeness (QED) is 0.460. The SMILES string of the molecule is O=C(CCl)c1cc(F)c(Cl)c(Br)c1. The number of halogens is 4. The molecule has 0 N–H and O–H groups in total. The fraction of sp³-hybridized carbons (Fsp3) is 0.125. The monoisotopic (exact) mass is 284 g/mol.